The van der Waals surface area contributed by atoms with Gasteiger partial charge in [-0.15, -0.1) is 0 Å². The highest BCUT2D eigenvalue weighted by Gasteiger charge is 2.35. The number of nitrogens with zero attached hydrogens (tertiary/aromatic N) is 1. The minimum Gasteiger partial charge on any atom is -0.505 e. The molecule has 44 heavy (non-hydrogen) atoms. The highest BCUT2D eigenvalue weighted by atomic mass is 16.5. The van der Waals surface area contributed by atoms with E-state index in [2.05, 4.69) is 9.98 Å². The number of hydrogen-bond acceptors (Lipinski definition) is 7. The third-order valence-corrected chi connectivity index (χ3v) is 7.61. The van der Waals surface area contributed by atoms with E-state index in [0.29, 0.717) is 52.4 Å². The van der Waals surface area contributed by atoms with Crippen LogP contribution in [0.15, 0.2) is 83.0 Å². The number of esters is 1. The van der Waals surface area contributed by atoms with Crippen molar-refractivity contribution < 1.29 is 29.2 Å². The maximum Gasteiger partial charge on any atom is 0.336 e. The topological polar surface area (TPSA) is 113 Å². The number of carbonyl (C=O) groups is 1. The smallest absolute Gasteiger partial charge is 0.336 e. The van der Waals surface area contributed by atoms with E-state index in [4.69, 9.17) is 14.2 Å². The van der Waals surface area contributed by atoms with E-state index in [1.807, 2.05) is 86.7 Å². The van der Waals surface area contributed by atoms with Gasteiger partial charge in [0.1, 0.15) is 17.8 Å². The van der Waals surface area contributed by atoms with Crippen LogP contribution >= 0.6 is 0 Å². The molecule has 3 aromatic carbocycles. The van der Waals surface area contributed by atoms with Gasteiger partial charge in [0.05, 0.1) is 47.4 Å². The second-order valence-electron chi connectivity index (χ2n) is 10.8. The van der Waals surface area contributed by atoms with Gasteiger partial charge in [0, 0.05) is 0 Å². The van der Waals surface area contributed by atoms with Crippen LogP contribution in [0, 0.1) is 6.92 Å². The summed E-state index contributed by atoms with van der Waals surface area (Å²) in [7, 11) is 0. The number of aliphatic hydroxyl groups excluding tert-OH is 1. The van der Waals surface area contributed by atoms with Gasteiger partial charge in [0.15, 0.2) is 11.5 Å². The SMILES string of the molecule is CCOC(=O)C1=C(C)N=c2[nH]c(=Cc3ccc(OCc4ccc([C@@H](C)O)cc4)c(OCC)c3)c(O)c2C1c1ccc(C)cc1. The zero-order valence-electron chi connectivity index (χ0n) is 25.7. The normalized spacial score (nSPS) is 15.4. The lowest BCUT2D eigenvalue weighted by Gasteiger charge is -2.23. The van der Waals surface area contributed by atoms with Crippen molar-refractivity contribution in [3.8, 4) is 17.2 Å². The van der Waals surface area contributed by atoms with Gasteiger partial charge in [-0.25, -0.2) is 9.79 Å². The summed E-state index contributed by atoms with van der Waals surface area (Å²) in [4.78, 5) is 21.0. The number of carbonyl (C=O) groups excluding carboxylic acids is 1. The van der Waals surface area contributed by atoms with Crippen LogP contribution in [0.25, 0.3) is 6.08 Å². The molecule has 8 nitrogen and oxygen atoms in total. The Morgan fingerprint density at radius 2 is 1.70 bits per heavy atom. The molecule has 0 saturated carbocycles. The summed E-state index contributed by atoms with van der Waals surface area (Å²) in [6.07, 6.45) is 1.29. The van der Waals surface area contributed by atoms with Crippen molar-refractivity contribution >= 4 is 12.0 Å². The number of H-pyrrole nitrogens is 1. The number of aliphatic hydroxyl groups is 1. The first-order valence-electron chi connectivity index (χ1n) is 14.8. The Labute approximate surface area is 257 Å². The van der Waals surface area contributed by atoms with E-state index in [1.165, 1.54) is 0 Å². The molecule has 5 rings (SSSR count). The van der Waals surface area contributed by atoms with Crippen molar-refractivity contribution in [1.29, 1.82) is 0 Å². The molecule has 0 spiro atoms. The third-order valence-electron chi connectivity index (χ3n) is 7.61. The van der Waals surface area contributed by atoms with E-state index in [0.717, 1.165) is 27.8 Å². The minimum atomic E-state index is -0.551. The van der Waals surface area contributed by atoms with Crippen molar-refractivity contribution in [2.24, 2.45) is 4.99 Å². The van der Waals surface area contributed by atoms with Crippen LogP contribution in [-0.2, 0) is 16.1 Å². The highest BCUT2D eigenvalue weighted by molar-refractivity contribution is 5.92. The number of benzene rings is 3. The molecule has 0 aliphatic carbocycles. The van der Waals surface area contributed by atoms with E-state index in [-0.39, 0.29) is 12.4 Å². The Morgan fingerprint density at radius 1 is 0.977 bits per heavy atom. The summed E-state index contributed by atoms with van der Waals surface area (Å²) < 4.78 is 17.4. The summed E-state index contributed by atoms with van der Waals surface area (Å²) >= 11 is 0. The zero-order valence-corrected chi connectivity index (χ0v) is 25.7. The van der Waals surface area contributed by atoms with Gasteiger partial charge in [0.25, 0.3) is 0 Å². The van der Waals surface area contributed by atoms with Crippen LogP contribution in [0.5, 0.6) is 17.2 Å². The molecule has 3 N–H and O–H groups in total. The molecule has 0 amide bonds. The molecule has 0 radical (unpaired) electrons. The number of nitrogens with one attached hydrogen (secondary N) is 1. The third kappa shape index (κ3) is 6.40. The molecule has 2 atom stereocenters. The van der Waals surface area contributed by atoms with Crippen molar-refractivity contribution in [2.45, 2.75) is 53.2 Å². The Morgan fingerprint density at radius 3 is 2.36 bits per heavy atom. The van der Waals surface area contributed by atoms with E-state index >= 15 is 0 Å². The summed E-state index contributed by atoms with van der Waals surface area (Å²) in [6.45, 7) is 10.2. The molecule has 1 aromatic heterocycles. The average Bonchev–Trinajstić information content (AvgIpc) is 3.30. The van der Waals surface area contributed by atoms with Crippen molar-refractivity contribution in [3.05, 3.63) is 122 Å². The average molecular weight is 595 g/mol. The lowest BCUT2D eigenvalue weighted by molar-refractivity contribution is -0.138. The number of fused-ring (bicyclic) bond motifs is 1. The molecule has 228 valence electrons. The Balaban J connectivity index is 1.50. The molecule has 1 aliphatic rings. The van der Waals surface area contributed by atoms with Crippen molar-refractivity contribution in [2.75, 3.05) is 13.2 Å². The first kappa shape index (κ1) is 30.6. The number of rotatable bonds is 10. The number of aromatic hydroxyl groups is 1. The van der Waals surface area contributed by atoms with Crippen LogP contribution < -0.4 is 20.3 Å². The molecule has 1 aliphatic heterocycles. The molecule has 0 bridgehead atoms. The Hall–Kier alpha value is -4.82. The highest BCUT2D eigenvalue weighted by Crippen LogP contribution is 2.38. The number of ether oxygens (including phenoxy) is 3. The second-order valence-corrected chi connectivity index (χ2v) is 10.8. The first-order chi connectivity index (χ1) is 21.2. The number of aromatic nitrogens is 1. The molecular formula is C36H38N2O6. The predicted molar refractivity (Wildman–Crippen MR) is 168 cm³/mol. The lowest BCUT2D eigenvalue weighted by Crippen LogP contribution is -2.26. The Bertz CT molecular complexity index is 1800. The number of hydrogen-bond donors (Lipinski definition) is 3. The van der Waals surface area contributed by atoms with Gasteiger partial charge in [-0.3, -0.25) is 0 Å². The standard InChI is InChI=1S/C36H38N2O6/c1-6-42-30-19-25(12-17-29(30)44-20-24-10-15-26(16-11-24)23(5)39)18-28-34(40)33-32(27-13-8-21(3)9-14-27)31(36(41)43-7-2)22(4)37-35(33)38-28/h8-19,23,32,39-40H,6-7,20H2,1-5H3,(H,37,38)/t23-,32?/m1/s1. The fraction of sp³-hybridized carbons (Fsp3) is 0.278. The summed E-state index contributed by atoms with van der Waals surface area (Å²) in [6, 6.07) is 21.1. The van der Waals surface area contributed by atoms with E-state index in [1.54, 1.807) is 20.8 Å². The maximum absolute atomic E-state index is 13.1. The quantitative estimate of drug-likeness (QED) is 0.209. The lowest BCUT2D eigenvalue weighted by atomic mass is 9.83. The number of allylic oxidation sites excluding steroid dienone is 1. The van der Waals surface area contributed by atoms with Gasteiger partial charge >= 0.3 is 5.97 Å². The molecule has 0 fully saturated rings. The van der Waals surface area contributed by atoms with Gasteiger partial charge in [-0.2, -0.15) is 0 Å². The van der Waals surface area contributed by atoms with Crippen molar-refractivity contribution in [3.63, 3.8) is 0 Å². The molecule has 2 heterocycles. The molecule has 1 unspecified atom stereocenters. The van der Waals surface area contributed by atoms with Crippen LogP contribution in [-0.4, -0.2) is 34.4 Å². The summed E-state index contributed by atoms with van der Waals surface area (Å²) in [5.41, 5.74) is 6.50. The van der Waals surface area contributed by atoms with Crippen LogP contribution in [0.2, 0.25) is 0 Å². The fourth-order valence-corrected chi connectivity index (χ4v) is 5.35. The predicted octanol–water partition coefficient (Wildman–Crippen LogP) is 5.49. The van der Waals surface area contributed by atoms with Crippen LogP contribution in [0.4, 0.5) is 0 Å². The molecule has 8 heteroatoms. The summed E-state index contributed by atoms with van der Waals surface area (Å²) in [5.74, 6) is 0.174. The fourth-order valence-electron chi connectivity index (χ4n) is 5.35. The van der Waals surface area contributed by atoms with Crippen LogP contribution in [0.1, 0.15) is 73.1 Å². The molecular weight excluding hydrogens is 556 g/mol. The van der Waals surface area contributed by atoms with Gasteiger partial charge in [0.2, 0.25) is 0 Å². The first-order valence-corrected chi connectivity index (χ1v) is 14.8. The Kier molecular flexibility index (Phi) is 9.20. The largest absolute Gasteiger partial charge is 0.505 e. The van der Waals surface area contributed by atoms with E-state index in [9.17, 15) is 15.0 Å². The zero-order chi connectivity index (χ0) is 31.4. The van der Waals surface area contributed by atoms with Crippen molar-refractivity contribution in [1.82, 2.24) is 4.98 Å². The molecule has 0 saturated heterocycles. The summed E-state index contributed by atoms with van der Waals surface area (Å²) in [5, 5.41) is 21.8. The van der Waals surface area contributed by atoms with Gasteiger partial charge in [-0.1, -0.05) is 60.2 Å². The minimum absolute atomic E-state index is 0.0163. The van der Waals surface area contributed by atoms with Gasteiger partial charge in [-0.05, 0) is 75.1 Å². The molecule has 4 aromatic rings. The van der Waals surface area contributed by atoms with Gasteiger partial charge < -0.3 is 29.4 Å². The maximum atomic E-state index is 13.1. The van der Waals surface area contributed by atoms with Crippen LogP contribution in [0.3, 0.4) is 0 Å². The number of aryl methyl sites for hydroxylation is 1. The monoisotopic (exact) mass is 594 g/mol. The second kappa shape index (κ2) is 13.2. The van der Waals surface area contributed by atoms with E-state index < -0.39 is 18.0 Å². The number of aromatic amines is 1.